The van der Waals surface area contributed by atoms with Crippen molar-refractivity contribution in [1.29, 1.82) is 0 Å². The lowest BCUT2D eigenvalue weighted by Crippen LogP contribution is -2.36. The summed E-state index contributed by atoms with van der Waals surface area (Å²) in [5.41, 5.74) is -0.0187. The fraction of sp³-hybridized carbons (Fsp3) is 0.263. The molecule has 29 heavy (non-hydrogen) atoms. The molecule has 1 N–H and O–H groups in total. The molecule has 0 fully saturated rings. The van der Waals surface area contributed by atoms with Crippen molar-refractivity contribution < 1.29 is 18.7 Å². The van der Waals surface area contributed by atoms with Crippen LogP contribution in [0.1, 0.15) is 10.5 Å². The van der Waals surface area contributed by atoms with E-state index in [0.717, 1.165) is 0 Å². The Labute approximate surface area is 165 Å². The predicted octanol–water partition coefficient (Wildman–Crippen LogP) is 0.666. The van der Waals surface area contributed by atoms with Gasteiger partial charge in [0.15, 0.2) is 0 Å². The van der Waals surface area contributed by atoms with E-state index >= 15 is 0 Å². The van der Waals surface area contributed by atoms with Crippen LogP contribution in [0.15, 0.2) is 35.4 Å². The highest BCUT2D eigenvalue weighted by Gasteiger charge is 2.18. The van der Waals surface area contributed by atoms with Crippen molar-refractivity contribution in [2.24, 2.45) is 7.05 Å². The summed E-state index contributed by atoms with van der Waals surface area (Å²) in [6.07, 6.45) is 2.87. The summed E-state index contributed by atoms with van der Waals surface area (Å²) < 4.78 is 22.1. The second-order valence-electron chi connectivity index (χ2n) is 6.55. The quantitative estimate of drug-likeness (QED) is 0.678. The minimum atomic E-state index is -0.594. The van der Waals surface area contributed by atoms with Crippen LogP contribution in [-0.4, -0.2) is 58.4 Å². The van der Waals surface area contributed by atoms with Gasteiger partial charge in [-0.2, -0.15) is 0 Å². The van der Waals surface area contributed by atoms with Gasteiger partial charge in [-0.05, 0) is 12.1 Å². The molecule has 3 aromatic rings. The van der Waals surface area contributed by atoms with Gasteiger partial charge in [-0.1, -0.05) is 0 Å². The molecule has 0 bridgehead atoms. The first-order valence-corrected chi connectivity index (χ1v) is 8.64. The number of ether oxygens (including phenoxy) is 1. The third-order valence-corrected chi connectivity index (χ3v) is 4.43. The number of aromatic nitrogens is 3. The summed E-state index contributed by atoms with van der Waals surface area (Å²) in [6.45, 7) is -0.194. The van der Waals surface area contributed by atoms with Gasteiger partial charge < -0.3 is 19.5 Å². The molecular formula is C19H20FN5O4. The molecule has 0 saturated carbocycles. The third kappa shape index (κ3) is 3.82. The highest BCUT2D eigenvalue weighted by molar-refractivity contribution is 5.95. The zero-order valence-corrected chi connectivity index (χ0v) is 16.4. The largest absolute Gasteiger partial charge is 0.497 e. The summed E-state index contributed by atoms with van der Waals surface area (Å²) in [5, 5.41) is 2.45. The Hall–Kier alpha value is -3.69. The molecule has 0 spiro atoms. The van der Waals surface area contributed by atoms with Gasteiger partial charge >= 0.3 is 0 Å². The standard InChI is InChI=1S/C19H20FN5O4/c1-23(2)16(26)8-21-18(27)14-9-25-10-15(24(3)19(28)17(25)22-14)12-6-5-11(29-4)7-13(12)20/h5-7,9-10H,8H2,1-4H3,(H,21,27). The first kappa shape index (κ1) is 20.1. The number of hydrogen-bond acceptors (Lipinski definition) is 5. The molecule has 0 atom stereocenters. The maximum Gasteiger partial charge on any atom is 0.294 e. The molecule has 2 aromatic heterocycles. The van der Waals surface area contributed by atoms with E-state index < -0.39 is 17.3 Å². The molecule has 0 unspecified atom stereocenters. The first-order valence-electron chi connectivity index (χ1n) is 8.64. The molecule has 9 nitrogen and oxygen atoms in total. The van der Waals surface area contributed by atoms with Crippen molar-refractivity contribution in [2.45, 2.75) is 0 Å². The number of nitrogens with zero attached hydrogens (tertiary/aromatic N) is 4. The van der Waals surface area contributed by atoms with Gasteiger partial charge in [-0.3, -0.25) is 18.8 Å². The number of carbonyl (C=O) groups excluding carboxylic acids is 2. The minimum Gasteiger partial charge on any atom is -0.497 e. The summed E-state index contributed by atoms with van der Waals surface area (Å²) in [6, 6.07) is 4.31. The lowest BCUT2D eigenvalue weighted by Gasteiger charge is -2.11. The number of rotatable bonds is 5. The number of hydrogen-bond donors (Lipinski definition) is 1. The topological polar surface area (TPSA) is 97.9 Å². The summed E-state index contributed by atoms with van der Waals surface area (Å²) in [4.78, 5) is 42.0. The van der Waals surface area contributed by atoms with Crippen LogP contribution in [0, 0.1) is 5.82 Å². The van der Waals surface area contributed by atoms with E-state index in [4.69, 9.17) is 4.74 Å². The Bertz CT molecular complexity index is 1170. The number of fused-ring (bicyclic) bond motifs is 1. The van der Waals surface area contributed by atoms with Crippen LogP contribution in [0.5, 0.6) is 5.75 Å². The molecule has 152 valence electrons. The van der Waals surface area contributed by atoms with E-state index in [9.17, 15) is 18.8 Å². The monoisotopic (exact) mass is 401 g/mol. The van der Waals surface area contributed by atoms with Gasteiger partial charge in [-0.15, -0.1) is 0 Å². The van der Waals surface area contributed by atoms with Crippen LogP contribution in [0.2, 0.25) is 0 Å². The molecule has 0 radical (unpaired) electrons. The van der Waals surface area contributed by atoms with Crippen LogP contribution >= 0.6 is 0 Å². The third-order valence-electron chi connectivity index (χ3n) is 4.43. The van der Waals surface area contributed by atoms with Gasteiger partial charge in [0, 0.05) is 45.2 Å². The van der Waals surface area contributed by atoms with E-state index in [0.29, 0.717) is 11.4 Å². The highest BCUT2D eigenvalue weighted by Crippen LogP contribution is 2.25. The number of halogens is 1. The highest BCUT2D eigenvalue weighted by atomic mass is 19.1. The predicted molar refractivity (Wildman–Crippen MR) is 103 cm³/mol. The SMILES string of the molecule is COc1ccc(-c2cn3cc(C(=O)NCC(=O)N(C)C)nc3c(=O)n2C)c(F)c1. The second kappa shape index (κ2) is 7.74. The van der Waals surface area contributed by atoms with Crippen LogP contribution in [0.4, 0.5) is 4.39 Å². The van der Waals surface area contributed by atoms with Gasteiger partial charge in [-0.25, -0.2) is 9.37 Å². The Morgan fingerprint density at radius 1 is 1.28 bits per heavy atom. The van der Waals surface area contributed by atoms with Crippen molar-refractivity contribution in [3.05, 3.63) is 52.5 Å². The number of amides is 2. The minimum absolute atomic E-state index is 0.00857. The molecule has 2 heterocycles. The van der Waals surface area contributed by atoms with E-state index in [1.165, 1.54) is 52.6 Å². The molecule has 0 saturated heterocycles. The average molecular weight is 401 g/mol. The van der Waals surface area contributed by atoms with Crippen molar-refractivity contribution in [1.82, 2.24) is 24.2 Å². The van der Waals surface area contributed by atoms with Crippen LogP contribution in [0.25, 0.3) is 16.9 Å². The maximum atomic E-state index is 14.5. The number of nitrogens with one attached hydrogen (secondary N) is 1. The molecular weight excluding hydrogens is 381 g/mol. The number of methoxy groups -OCH3 is 1. The second-order valence-corrected chi connectivity index (χ2v) is 6.55. The number of imidazole rings is 1. The van der Waals surface area contributed by atoms with Crippen LogP contribution in [-0.2, 0) is 11.8 Å². The zero-order chi connectivity index (χ0) is 21.3. The molecule has 10 heteroatoms. The first-order chi connectivity index (χ1) is 13.7. The molecule has 1 aromatic carbocycles. The number of likely N-dealkylation sites (N-methyl/N-ethyl adjacent to an activating group) is 1. The molecule has 0 aliphatic carbocycles. The lowest BCUT2D eigenvalue weighted by molar-refractivity contribution is -0.127. The van der Waals surface area contributed by atoms with Crippen molar-refractivity contribution in [3.8, 4) is 17.0 Å². The maximum absolute atomic E-state index is 14.5. The number of carbonyl (C=O) groups is 2. The Kier molecular flexibility index (Phi) is 5.35. The van der Waals surface area contributed by atoms with Crippen molar-refractivity contribution in [2.75, 3.05) is 27.7 Å². The average Bonchev–Trinajstić information content (AvgIpc) is 3.13. The lowest BCUT2D eigenvalue weighted by atomic mass is 10.1. The van der Waals surface area contributed by atoms with E-state index in [-0.39, 0.29) is 29.4 Å². The van der Waals surface area contributed by atoms with Gasteiger partial charge in [0.25, 0.3) is 11.5 Å². The van der Waals surface area contributed by atoms with E-state index in [1.54, 1.807) is 20.2 Å². The Balaban J connectivity index is 2.00. The Morgan fingerprint density at radius 2 is 2.00 bits per heavy atom. The van der Waals surface area contributed by atoms with Gasteiger partial charge in [0.05, 0.1) is 19.3 Å². The zero-order valence-electron chi connectivity index (χ0n) is 16.4. The van der Waals surface area contributed by atoms with E-state index in [1.807, 2.05) is 0 Å². The summed E-state index contributed by atoms with van der Waals surface area (Å²) in [5.74, 6) is -1.08. The molecule has 0 aliphatic heterocycles. The Morgan fingerprint density at radius 3 is 2.62 bits per heavy atom. The normalized spacial score (nSPS) is 10.8. The van der Waals surface area contributed by atoms with Crippen molar-refractivity contribution >= 4 is 17.5 Å². The summed E-state index contributed by atoms with van der Waals surface area (Å²) >= 11 is 0. The fourth-order valence-corrected chi connectivity index (χ4v) is 2.72. The van der Waals surface area contributed by atoms with E-state index in [2.05, 4.69) is 10.3 Å². The van der Waals surface area contributed by atoms with Crippen molar-refractivity contribution in [3.63, 3.8) is 0 Å². The molecule has 0 aliphatic rings. The number of benzene rings is 1. The van der Waals surface area contributed by atoms with Gasteiger partial charge in [0.1, 0.15) is 17.3 Å². The van der Waals surface area contributed by atoms with Crippen LogP contribution in [0.3, 0.4) is 0 Å². The molecule has 3 rings (SSSR count). The summed E-state index contributed by atoms with van der Waals surface area (Å²) in [7, 11) is 6.07. The smallest absolute Gasteiger partial charge is 0.294 e. The van der Waals surface area contributed by atoms with Gasteiger partial charge in [0.2, 0.25) is 11.6 Å². The molecule has 2 amide bonds. The van der Waals surface area contributed by atoms with Crippen LogP contribution < -0.4 is 15.6 Å². The fourth-order valence-electron chi connectivity index (χ4n) is 2.72.